The van der Waals surface area contributed by atoms with Crippen molar-refractivity contribution in [3.8, 4) is 0 Å². The largest absolute Gasteiger partial charge is 0.356 e. The molecule has 7 heteroatoms. The lowest BCUT2D eigenvalue weighted by Crippen LogP contribution is -2.52. The van der Waals surface area contributed by atoms with Crippen LogP contribution in [0.25, 0.3) is 0 Å². The fourth-order valence-electron chi connectivity index (χ4n) is 2.70. The van der Waals surface area contributed by atoms with Gasteiger partial charge in [-0.05, 0) is 35.7 Å². The van der Waals surface area contributed by atoms with Crippen LogP contribution < -0.4 is 10.6 Å². The van der Waals surface area contributed by atoms with Crippen LogP contribution in [0.4, 0.5) is 4.79 Å². The maximum absolute atomic E-state index is 12.1. The smallest absolute Gasteiger partial charge is 0.317 e. The third-order valence-corrected chi connectivity index (χ3v) is 4.88. The molecule has 6 nitrogen and oxygen atoms in total. The van der Waals surface area contributed by atoms with E-state index in [-0.39, 0.29) is 11.9 Å². The molecule has 1 aromatic heterocycles. The average molecular weight is 338 g/mol. The number of hydrogen-bond donors (Lipinski definition) is 2. The number of carbonyl (C=O) groups excluding carboxylic acids is 2. The maximum Gasteiger partial charge on any atom is 0.317 e. The minimum atomic E-state index is -0.0350. The molecular weight excluding hydrogens is 312 g/mol. The summed E-state index contributed by atoms with van der Waals surface area (Å²) in [4.78, 5) is 27.1. The number of carbonyl (C=O) groups is 2. The zero-order valence-electron chi connectivity index (χ0n) is 13.9. The molecule has 128 valence electrons. The zero-order valence-corrected chi connectivity index (χ0v) is 14.7. The molecule has 0 spiro atoms. The van der Waals surface area contributed by atoms with Gasteiger partial charge in [0, 0.05) is 52.2 Å². The van der Waals surface area contributed by atoms with Crippen LogP contribution in [0.1, 0.15) is 31.9 Å². The Morgan fingerprint density at radius 3 is 2.52 bits per heavy atom. The van der Waals surface area contributed by atoms with E-state index in [1.807, 2.05) is 4.90 Å². The van der Waals surface area contributed by atoms with Crippen LogP contribution in [0.15, 0.2) is 16.8 Å². The molecule has 0 radical (unpaired) electrons. The lowest BCUT2D eigenvalue weighted by molar-refractivity contribution is -0.118. The van der Waals surface area contributed by atoms with Gasteiger partial charge < -0.3 is 15.5 Å². The van der Waals surface area contributed by atoms with Gasteiger partial charge >= 0.3 is 6.03 Å². The predicted molar refractivity (Wildman–Crippen MR) is 92.6 cm³/mol. The number of piperazine rings is 1. The van der Waals surface area contributed by atoms with Crippen LogP contribution in [-0.4, -0.2) is 61.0 Å². The van der Waals surface area contributed by atoms with E-state index in [1.165, 1.54) is 12.5 Å². The number of thiophene rings is 1. The Morgan fingerprint density at radius 1 is 1.22 bits per heavy atom. The Kier molecular flexibility index (Phi) is 6.85. The summed E-state index contributed by atoms with van der Waals surface area (Å²) < 4.78 is 0. The van der Waals surface area contributed by atoms with E-state index < -0.39 is 0 Å². The molecular formula is C16H26N4O2S. The normalized spacial score (nSPS) is 16.9. The first-order valence-corrected chi connectivity index (χ1v) is 9.05. The first-order chi connectivity index (χ1) is 11.1. The molecule has 3 amide bonds. The van der Waals surface area contributed by atoms with E-state index in [1.54, 1.807) is 11.3 Å². The Balaban J connectivity index is 1.65. The number of amides is 3. The van der Waals surface area contributed by atoms with Crippen LogP contribution in [0.5, 0.6) is 0 Å². The van der Waals surface area contributed by atoms with Crippen molar-refractivity contribution in [3.05, 3.63) is 22.4 Å². The molecule has 0 bridgehead atoms. The molecule has 2 N–H and O–H groups in total. The van der Waals surface area contributed by atoms with Crippen molar-refractivity contribution in [1.29, 1.82) is 0 Å². The maximum atomic E-state index is 12.1. The van der Waals surface area contributed by atoms with Gasteiger partial charge in [0.25, 0.3) is 0 Å². The summed E-state index contributed by atoms with van der Waals surface area (Å²) in [5.74, 6) is -0.0350. The standard InChI is InChI=1S/C16H26N4O2S/c1-13(15-4-11-23-12-15)19-7-9-20(10-8-19)16(22)18-6-3-5-17-14(2)21/h4,11-13H,3,5-10H2,1-2H3,(H,17,21)(H,18,22)/t13-/m0/s1. The first-order valence-electron chi connectivity index (χ1n) is 8.11. The molecule has 1 aromatic rings. The van der Waals surface area contributed by atoms with E-state index >= 15 is 0 Å². The third-order valence-electron chi connectivity index (χ3n) is 4.18. The van der Waals surface area contributed by atoms with E-state index in [0.717, 1.165) is 32.6 Å². The van der Waals surface area contributed by atoms with Gasteiger partial charge in [-0.25, -0.2) is 4.79 Å². The summed E-state index contributed by atoms with van der Waals surface area (Å²) in [5.41, 5.74) is 1.35. The van der Waals surface area contributed by atoms with Crippen LogP contribution >= 0.6 is 11.3 Å². The molecule has 1 saturated heterocycles. The van der Waals surface area contributed by atoms with Crippen molar-refractivity contribution in [2.45, 2.75) is 26.3 Å². The molecule has 23 heavy (non-hydrogen) atoms. The molecule has 2 heterocycles. The first kappa shape index (κ1) is 17.7. The quantitative estimate of drug-likeness (QED) is 0.776. The van der Waals surface area contributed by atoms with Gasteiger partial charge in [-0.2, -0.15) is 11.3 Å². The van der Waals surface area contributed by atoms with E-state index in [9.17, 15) is 9.59 Å². The van der Waals surface area contributed by atoms with Gasteiger partial charge in [0.05, 0.1) is 0 Å². The van der Waals surface area contributed by atoms with Crippen molar-refractivity contribution < 1.29 is 9.59 Å². The molecule has 0 saturated carbocycles. The van der Waals surface area contributed by atoms with Gasteiger partial charge in [-0.15, -0.1) is 0 Å². The van der Waals surface area contributed by atoms with Gasteiger partial charge in [0.15, 0.2) is 0 Å². The minimum absolute atomic E-state index is 0.00402. The second kappa shape index (κ2) is 8.88. The highest BCUT2D eigenvalue weighted by molar-refractivity contribution is 7.07. The lowest BCUT2D eigenvalue weighted by atomic mass is 10.1. The predicted octanol–water partition coefficient (Wildman–Crippen LogP) is 1.66. The summed E-state index contributed by atoms with van der Waals surface area (Å²) in [6.07, 6.45) is 0.750. The molecule has 1 aliphatic rings. The zero-order chi connectivity index (χ0) is 16.7. The fourth-order valence-corrected chi connectivity index (χ4v) is 3.44. The highest BCUT2D eigenvalue weighted by atomic mass is 32.1. The van der Waals surface area contributed by atoms with Crippen molar-refractivity contribution >= 4 is 23.3 Å². The summed E-state index contributed by atoms with van der Waals surface area (Å²) >= 11 is 1.72. The van der Waals surface area contributed by atoms with Crippen LogP contribution in [-0.2, 0) is 4.79 Å². The summed E-state index contributed by atoms with van der Waals surface area (Å²) in [5, 5.41) is 9.94. The molecule has 2 rings (SSSR count). The molecule has 0 unspecified atom stereocenters. The van der Waals surface area contributed by atoms with Gasteiger partial charge in [0.1, 0.15) is 0 Å². The number of nitrogens with one attached hydrogen (secondary N) is 2. The third kappa shape index (κ3) is 5.51. The molecule has 0 aliphatic carbocycles. The molecule has 1 atom stereocenters. The van der Waals surface area contributed by atoms with Crippen molar-refractivity contribution in [2.75, 3.05) is 39.3 Å². The minimum Gasteiger partial charge on any atom is -0.356 e. The second-order valence-corrected chi connectivity index (χ2v) is 6.60. The number of hydrogen-bond acceptors (Lipinski definition) is 4. The van der Waals surface area contributed by atoms with Gasteiger partial charge in [0.2, 0.25) is 5.91 Å². The highest BCUT2D eigenvalue weighted by Crippen LogP contribution is 2.23. The molecule has 1 fully saturated rings. The SMILES string of the molecule is CC(=O)NCCCNC(=O)N1CCN([C@@H](C)c2ccsc2)CC1. The van der Waals surface area contributed by atoms with E-state index in [4.69, 9.17) is 0 Å². The number of rotatable bonds is 6. The fraction of sp³-hybridized carbons (Fsp3) is 0.625. The molecule has 1 aliphatic heterocycles. The molecule has 0 aromatic carbocycles. The van der Waals surface area contributed by atoms with Crippen LogP contribution in [0, 0.1) is 0 Å². The summed E-state index contributed by atoms with van der Waals surface area (Å²) in [6, 6.07) is 2.57. The Hall–Kier alpha value is -1.60. The van der Waals surface area contributed by atoms with E-state index in [2.05, 4.69) is 39.3 Å². The monoisotopic (exact) mass is 338 g/mol. The van der Waals surface area contributed by atoms with Crippen molar-refractivity contribution in [3.63, 3.8) is 0 Å². The Labute approximate surface area is 141 Å². The van der Waals surface area contributed by atoms with Crippen molar-refractivity contribution in [2.24, 2.45) is 0 Å². The number of urea groups is 1. The Bertz CT molecular complexity index is 498. The van der Waals surface area contributed by atoms with Crippen LogP contribution in [0.3, 0.4) is 0 Å². The van der Waals surface area contributed by atoms with Gasteiger partial charge in [-0.1, -0.05) is 0 Å². The van der Waals surface area contributed by atoms with E-state index in [0.29, 0.717) is 19.1 Å². The summed E-state index contributed by atoms with van der Waals surface area (Å²) in [7, 11) is 0. The lowest BCUT2D eigenvalue weighted by Gasteiger charge is -2.37. The topological polar surface area (TPSA) is 64.7 Å². The highest BCUT2D eigenvalue weighted by Gasteiger charge is 2.24. The average Bonchev–Trinajstić information content (AvgIpc) is 3.08. The van der Waals surface area contributed by atoms with Crippen molar-refractivity contribution in [1.82, 2.24) is 20.4 Å². The summed E-state index contributed by atoms with van der Waals surface area (Å²) in [6.45, 7) is 8.21. The van der Waals surface area contributed by atoms with Gasteiger partial charge in [-0.3, -0.25) is 9.69 Å². The number of nitrogens with zero attached hydrogens (tertiary/aromatic N) is 2. The van der Waals surface area contributed by atoms with Crippen LogP contribution in [0.2, 0.25) is 0 Å². The Morgan fingerprint density at radius 2 is 1.91 bits per heavy atom. The second-order valence-electron chi connectivity index (χ2n) is 5.82.